The molecule has 0 saturated carbocycles. The van der Waals surface area contributed by atoms with Gasteiger partial charge in [0.2, 0.25) is 0 Å². The zero-order valence-corrected chi connectivity index (χ0v) is 18.9. The van der Waals surface area contributed by atoms with Crippen LogP contribution in [0.3, 0.4) is 0 Å². The number of benzene rings is 2. The Bertz CT molecular complexity index is 1050. The van der Waals surface area contributed by atoms with Crippen LogP contribution in [0.4, 0.5) is 0 Å². The summed E-state index contributed by atoms with van der Waals surface area (Å²) in [6.45, 7) is 0. The van der Waals surface area contributed by atoms with E-state index in [0.29, 0.717) is 21.4 Å². The van der Waals surface area contributed by atoms with Gasteiger partial charge in [-0.15, -0.1) is 10.2 Å². The van der Waals surface area contributed by atoms with Crippen molar-refractivity contribution in [1.29, 1.82) is 0 Å². The molecule has 3 aromatic rings. The number of methoxy groups -OCH3 is 1. The van der Waals surface area contributed by atoms with Gasteiger partial charge >= 0.3 is 0 Å². The van der Waals surface area contributed by atoms with Gasteiger partial charge < -0.3 is 9.84 Å². The largest absolute Gasteiger partial charge is 0.504 e. The predicted molar refractivity (Wildman–Crippen MR) is 122 cm³/mol. The van der Waals surface area contributed by atoms with Crippen LogP contribution in [0.2, 0.25) is 5.02 Å². The molecule has 0 aliphatic rings. The zero-order valence-electron chi connectivity index (χ0n) is 15.7. The van der Waals surface area contributed by atoms with E-state index in [1.54, 1.807) is 23.9 Å². The van der Waals surface area contributed by atoms with Gasteiger partial charge in [0.05, 0.1) is 19.1 Å². The third-order valence-electron chi connectivity index (χ3n) is 3.63. The van der Waals surface area contributed by atoms with Crippen LogP contribution in [0, 0.1) is 0 Å². The minimum atomic E-state index is -0.262. The van der Waals surface area contributed by atoms with Crippen molar-refractivity contribution in [2.75, 3.05) is 12.9 Å². The molecule has 11 heteroatoms. The fourth-order valence-electron chi connectivity index (χ4n) is 2.18. The van der Waals surface area contributed by atoms with Gasteiger partial charge in [0.25, 0.3) is 5.91 Å². The average Bonchev–Trinajstić information content (AvgIpc) is 3.21. The molecular formula is C19H17ClN4O3S3. The molecule has 0 radical (unpaired) electrons. The van der Waals surface area contributed by atoms with Crippen LogP contribution in [0.15, 0.2) is 56.2 Å². The van der Waals surface area contributed by atoms with Crippen molar-refractivity contribution in [3.05, 3.63) is 58.6 Å². The second kappa shape index (κ2) is 11.2. The Balaban J connectivity index is 1.43. The van der Waals surface area contributed by atoms with Gasteiger partial charge in [-0.25, -0.2) is 5.43 Å². The quantitative estimate of drug-likeness (QED) is 0.265. The van der Waals surface area contributed by atoms with Crippen LogP contribution in [0.5, 0.6) is 11.5 Å². The fourth-order valence-corrected chi connectivity index (χ4v) is 5.28. The van der Waals surface area contributed by atoms with E-state index < -0.39 is 0 Å². The molecule has 156 valence electrons. The fraction of sp³-hybridized carbons (Fsp3) is 0.158. The maximum Gasteiger partial charge on any atom is 0.250 e. The Hall–Kier alpha value is -2.27. The zero-order chi connectivity index (χ0) is 21.3. The van der Waals surface area contributed by atoms with Gasteiger partial charge in [-0.05, 0) is 35.4 Å². The number of hydrogen-bond acceptors (Lipinski definition) is 9. The van der Waals surface area contributed by atoms with E-state index in [1.807, 2.05) is 24.3 Å². The third kappa shape index (κ3) is 6.63. The third-order valence-corrected chi connectivity index (χ3v) is 7.24. The first-order valence-electron chi connectivity index (χ1n) is 8.56. The molecule has 3 rings (SSSR count). The predicted octanol–water partition coefficient (Wildman–Crippen LogP) is 4.44. The highest BCUT2D eigenvalue weighted by molar-refractivity contribution is 8.03. The summed E-state index contributed by atoms with van der Waals surface area (Å²) >= 11 is 10.4. The van der Waals surface area contributed by atoms with Crippen molar-refractivity contribution in [2.24, 2.45) is 5.10 Å². The highest BCUT2D eigenvalue weighted by Crippen LogP contribution is 2.32. The molecule has 30 heavy (non-hydrogen) atoms. The van der Waals surface area contributed by atoms with E-state index in [-0.39, 0.29) is 17.4 Å². The number of nitrogens with zero attached hydrogens (tertiary/aromatic N) is 3. The van der Waals surface area contributed by atoms with E-state index in [0.717, 1.165) is 14.9 Å². The number of carbonyl (C=O) groups excluding carboxylic acids is 1. The standard InChI is InChI=1S/C19H17ClN4O3S3/c1-27-16-8-12(6-7-15(16)25)9-21-22-17(26)11-29-19-24-23-18(30-19)28-10-13-4-2-3-5-14(13)20/h2-9,25H,10-11H2,1H3,(H,22,26)/b21-9+. The lowest BCUT2D eigenvalue weighted by Crippen LogP contribution is -2.19. The lowest BCUT2D eigenvalue weighted by atomic mass is 10.2. The van der Waals surface area contributed by atoms with E-state index >= 15 is 0 Å². The number of phenols is 1. The number of rotatable bonds is 9. The monoisotopic (exact) mass is 480 g/mol. The first kappa shape index (κ1) is 22.4. The van der Waals surface area contributed by atoms with E-state index in [2.05, 4.69) is 20.7 Å². The number of hydrazone groups is 1. The molecule has 2 N–H and O–H groups in total. The van der Waals surface area contributed by atoms with Crippen LogP contribution in [-0.4, -0.2) is 40.3 Å². The lowest BCUT2D eigenvalue weighted by Gasteiger charge is -2.03. The van der Waals surface area contributed by atoms with Gasteiger partial charge in [-0.1, -0.05) is 64.7 Å². The number of nitrogens with one attached hydrogen (secondary N) is 1. The summed E-state index contributed by atoms with van der Waals surface area (Å²) in [7, 11) is 1.46. The number of ether oxygens (including phenoxy) is 1. The number of amides is 1. The average molecular weight is 481 g/mol. The summed E-state index contributed by atoms with van der Waals surface area (Å²) in [5.41, 5.74) is 4.18. The SMILES string of the molecule is COc1cc(/C=N/NC(=O)CSc2nnc(SCc3ccccc3Cl)s2)ccc1O. The summed E-state index contributed by atoms with van der Waals surface area (Å²) in [5.74, 6) is 0.982. The molecule has 0 bridgehead atoms. The number of thioether (sulfide) groups is 2. The van der Waals surface area contributed by atoms with Crippen LogP contribution < -0.4 is 10.2 Å². The first-order chi connectivity index (χ1) is 14.5. The maximum absolute atomic E-state index is 12.0. The van der Waals surface area contributed by atoms with Crippen molar-refractivity contribution in [3.63, 3.8) is 0 Å². The molecule has 0 aliphatic carbocycles. The van der Waals surface area contributed by atoms with Crippen molar-refractivity contribution in [1.82, 2.24) is 15.6 Å². The molecule has 2 aromatic carbocycles. The molecule has 0 spiro atoms. The molecule has 7 nitrogen and oxygen atoms in total. The van der Waals surface area contributed by atoms with Gasteiger partial charge in [-0.3, -0.25) is 4.79 Å². The maximum atomic E-state index is 12.0. The van der Waals surface area contributed by atoms with Gasteiger partial charge in [0.1, 0.15) is 0 Å². The van der Waals surface area contributed by atoms with Gasteiger partial charge in [-0.2, -0.15) is 5.10 Å². The molecule has 0 unspecified atom stereocenters. The molecule has 1 aromatic heterocycles. The van der Waals surface area contributed by atoms with Gasteiger partial charge in [0, 0.05) is 10.8 Å². The van der Waals surface area contributed by atoms with E-state index in [1.165, 1.54) is 42.5 Å². The Kier molecular flexibility index (Phi) is 8.38. The molecule has 1 amide bonds. The highest BCUT2D eigenvalue weighted by Gasteiger charge is 2.09. The van der Waals surface area contributed by atoms with Crippen molar-refractivity contribution >= 4 is 58.6 Å². The summed E-state index contributed by atoms with van der Waals surface area (Å²) in [6, 6.07) is 12.4. The van der Waals surface area contributed by atoms with Crippen LogP contribution in [0.1, 0.15) is 11.1 Å². The van der Waals surface area contributed by atoms with Crippen LogP contribution in [-0.2, 0) is 10.5 Å². The first-order valence-corrected chi connectivity index (χ1v) is 11.7. The summed E-state index contributed by atoms with van der Waals surface area (Å²) in [6.07, 6.45) is 1.47. The highest BCUT2D eigenvalue weighted by atomic mass is 35.5. The number of hydrogen-bond donors (Lipinski definition) is 2. The van der Waals surface area contributed by atoms with E-state index in [9.17, 15) is 9.90 Å². The topological polar surface area (TPSA) is 96.7 Å². The molecule has 0 saturated heterocycles. The number of carbonyl (C=O) groups is 1. The summed E-state index contributed by atoms with van der Waals surface area (Å²) in [4.78, 5) is 12.0. The number of aromatic nitrogens is 2. The number of aromatic hydroxyl groups is 1. The van der Waals surface area contributed by atoms with Crippen LogP contribution >= 0.6 is 46.5 Å². The second-order valence-electron chi connectivity index (χ2n) is 5.73. The van der Waals surface area contributed by atoms with Crippen LogP contribution in [0.25, 0.3) is 0 Å². The Morgan fingerprint density at radius 3 is 2.80 bits per heavy atom. The molecule has 0 fully saturated rings. The van der Waals surface area contributed by atoms with Gasteiger partial charge in [0.15, 0.2) is 20.2 Å². The summed E-state index contributed by atoms with van der Waals surface area (Å²) < 4.78 is 6.55. The molecule has 1 heterocycles. The van der Waals surface area contributed by atoms with Crippen molar-refractivity contribution in [2.45, 2.75) is 14.4 Å². The minimum absolute atomic E-state index is 0.0385. The second-order valence-corrected chi connectivity index (χ2v) is 9.56. The Morgan fingerprint density at radius 2 is 2.03 bits per heavy atom. The van der Waals surface area contributed by atoms with Crippen molar-refractivity contribution < 1.29 is 14.6 Å². The summed E-state index contributed by atoms with van der Waals surface area (Å²) in [5, 5.41) is 22.5. The molecule has 0 aliphatic heterocycles. The molecular weight excluding hydrogens is 464 g/mol. The molecule has 0 atom stereocenters. The van der Waals surface area contributed by atoms with Crippen molar-refractivity contribution in [3.8, 4) is 11.5 Å². The lowest BCUT2D eigenvalue weighted by molar-refractivity contribution is -0.118. The smallest absolute Gasteiger partial charge is 0.250 e. The number of phenolic OH excluding ortho intramolecular Hbond substituents is 1. The minimum Gasteiger partial charge on any atom is -0.504 e. The number of halogens is 1. The van der Waals surface area contributed by atoms with E-state index in [4.69, 9.17) is 16.3 Å². The normalized spacial score (nSPS) is 11.0. The Morgan fingerprint density at radius 1 is 1.27 bits per heavy atom. The Labute approximate surface area is 190 Å².